The molecule has 116 valence electrons. The Morgan fingerprint density at radius 2 is 2.05 bits per heavy atom. The number of nitrogens with zero attached hydrogens (tertiary/aromatic N) is 2. The van der Waals surface area contributed by atoms with Gasteiger partial charge >= 0.3 is 5.97 Å². The molecule has 0 bridgehead atoms. The number of anilines is 1. The normalized spacial score (nSPS) is 12.0. The third kappa shape index (κ3) is 4.34. The molecule has 1 unspecified atom stereocenters. The highest BCUT2D eigenvalue weighted by molar-refractivity contribution is 5.78. The number of carboxylic acid groups (broad SMARTS) is 1. The van der Waals surface area contributed by atoms with E-state index in [-0.39, 0.29) is 11.8 Å². The Hall–Kier alpha value is -2.31. The number of hydrogen-bond acceptors (Lipinski definition) is 5. The van der Waals surface area contributed by atoms with Crippen LogP contribution in [-0.2, 0) is 4.79 Å². The Morgan fingerprint density at radius 3 is 2.48 bits per heavy atom. The van der Waals surface area contributed by atoms with Gasteiger partial charge < -0.3 is 14.7 Å². The number of carboxylic acids is 1. The van der Waals surface area contributed by atoms with Crippen molar-refractivity contribution in [1.82, 2.24) is 0 Å². The molecule has 1 N–H and O–H groups in total. The molecule has 0 amide bonds. The second-order valence-electron chi connectivity index (χ2n) is 4.98. The zero-order chi connectivity index (χ0) is 16.2. The van der Waals surface area contributed by atoms with Crippen LogP contribution in [0.25, 0.3) is 0 Å². The van der Waals surface area contributed by atoms with Gasteiger partial charge in [0.15, 0.2) is 0 Å². The Bertz CT molecular complexity index is 530. The Labute approximate surface area is 123 Å². The van der Waals surface area contributed by atoms with E-state index in [1.165, 1.54) is 17.0 Å². The van der Waals surface area contributed by atoms with Crippen molar-refractivity contribution < 1.29 is 19.6 Å². The molecular weight excluding hydrogens is 276 g/mol. The Kier molecular flexibility index (Phi) is 5.52. The minimum Gasteiger partial charge on any atom is -0.491 e. The molecule has 0 saturated carbocycles. The molecule has 0 aliphatic carbocycles. The van der Waals surface area contributed by atoms with Crippen molar-refractivity contribution in [1.29, 1.82) is 0 Å². The third-order valence-electron chi connectivity index (χ3n) is 3.01. The first kappa shape index (κ1) is 16.7. The van der Waals surface area contributed by atoms with Crippen molar-refractivity contribution in [3.8, 4) is 5.75 Å². The minimum absolute atomic E-state index is 0.129. The molecular formula is C14H20N2O5. The molecule has 0 aliphatic rings. The number of non-ortho nitro benzene ring substituents is 1. The van der Waals surface area contributed by atoms with Crippen LogP contribution in [0.3, 0.4) is 0 Å². The van der Waals surface area contributed by atoms with E-state index in [2.05, 4.69) is 0 Å². The molecule has 0 aliphatic heterocycles. The van der Waals surface area contributed by atoms with Gasteiger partial charge in [-0.15, -0.1) is 0 Å². The lowest BCUT2D eigenvalue weighted by molar-refractivity contribution is -0.384. The first-order valence-corrected chi connectivity index (χ1v) is 6.68. The smallest absolute Gasteiger partial charge is 0.326 e. The Balaban J connectivity index is 3.23. The molecule has 7 nitrogen and oxygen atoms in total. The van der Waals surface area contributed by atoms with Gasteiger partial charge in [0.05, 0.1) is 17.1 Å². The number of rotatable bonds is 7. The fourth-order valence-corrected chi connectivity index (χ4v) is 2.01. The number of likely N-dealkylation sites (N-methyl/N-ethyl adjacent to an activating group) is 1. The lowest BCUT2D eigenvalue weighted by Gasteiger charge is -2.26. The monoisotopic (exact) mass is 296 g/mol. The SMILES string of the molecule is CCC(C(=O)O)N(C)c1cc(OC(C)C)cc([N+](=O)[O-])c1. The van der Waals surface area contributed by atoms with Gasteiger partial charge in [0.2, 0.25) is 0 Å². The topological polar surface area (TPSA) is 92.9 Å². The molecule has 0 saturated heterocycles. The average molecular weight is 296 g/mol. The van der Waals surface area contributed by atoms with Crippen molar-refractivity contribution >= 4 is 17.3 Å². The van der Waals surface area contributed by atoms with E-state index >= 15 is 0 Å². The quantitative estimate of drug-likeness (QED) is 0.614. The summed E-state index contributed by atoms with van der Waals surface area (Å²) in [6, 6.07) is 3.54. The zero-order valence-corrected chi connectivity index (χ0v) is 12.6. The van der Waals surface area contributed by atoms with E-state index in [4.69, 9.17) is 4.74 Å². The number of nitro benzene ring substituents is 1. The molecule has 1 rings (SSSR count). The van der Waals surface area contributed by atoms with Crippen molar-refractivity contribution in [3.63, 3.8) is 0 Å². The van der Waals surface area contributed by atoms with Crippen molar-refractivity contribution in [2.24, 2.45) is 0 Å². The van der Waals surface area contributed by atoms with Crippen LogP contribution in [0.2, 0.25) is 0 Å². The predicted molar refractivity (Wildman–Crippen MR) is 79.0 cm³/mol. The number of ether oxygens (including phenoxy) is 1. The Morgan fingerprint density at radius 1 is 1.43 bits per heavy atom. The maximum Gasteiger partial charge on any atom is 0.326 e. The van der Waals surface area contributed by atoms with Crippen LogP contribution < -0.4 is 9.64 Å². The zero-order valence-electron chi connectivity index (χ0n) is 12.6. The second kappa shape index (κ2) is 6.92. The lowest BCUT2D eigenvalue weighted by Crippen LogP contribution is -2.38. The summed E-state index contributed by atoms with van der Waals surface area (Å²) in [6.07, 6.45) is 0.251. The van der Waals surface area contributed by atoms with E-state index < -0.39 is 16.9 Å². The molecule has 0 aromatic heterocycles. The fourth-order valence-electron chi connectivity index (χ4n) is 2.01. The van der Waals surface area contributed by atoms with Crippen molar-refractivity contribution in [2.45, 2.75) is 39.3 Å². The van der Waals surface area contributed by atoms with Crippen LogP contribution in [-0.4, -0.2) is 35.2 Å². The van der Waals surface area contributed by atoms with E-state index in [0.29, 0.717) is 17.9 Å². The van der Waals surface area contributed by atoms with E-state index in [0.717, 1.165) is 0 Å². The number of aliphatic carboxylic acids is 1. The summed E-state index contributed by atoms with van der Waals surface area (Å²) in [5, 5.41) is 20.2. The summed E-state index contributed by atoms with van der Waals surface area (Å²) >= 11 is 0. The predicted octanol–water partition coefficient (Wildman–Crippen LogP) is 2.68. The summed E-state index contributed by atoms with van der Waals surface area (Å²) < 4.78 is 5.49. The maximum absolute atomic E-state index is 11.2. The number of carbonyl (C=O) groups is 1. The minimum atomic E-state index is -0.974. The van der Waals surface area contributed by atoms with Gasteiger partial charge in [-0.05, 0) is 20.3 Å². The van der Waals surface area contributed by atoms with E-state index in [1.807, 2.05) is 13.8 Å². The molecule has 0 heterocycles. The third-order valence-corrected chi connectivity index (χ3v) is 3.01. The molecule has 1 atom stereocenters. The van der Waals surface area contributed by atoms with Crippen LogP contribution >= 0.6 is 0 Å². The second-order valence-corrected chi connectivity index (χ2v) is 4.98. The van der Waals surface area contributed by atoms with Crippen LogP contribution in [0, 0.1) is 10.1 Å². The average Bonchev–Trinajstić information content (AvgIpc) is 2.37. The molecule has 1 aromatic rings. The summed E-state index contributed by atoms with van der Waals surface area (Å²) in [4.78, 5) is 23.2. The van der Waals surface area contributed by atoms with Crippen LogP contribution in [0.15, 0.2) is 18.2 Å². The maximum atomic E-state index is 11.2. The molecule has 1 aromatic carbocycles. The lowest BCUT2D eigenvalue weighted by atomic mass is 10.1. The molecule has 0 radical (unpaired) electrons. The van der Waals surface area contributed by atoms with E-state index in [1.54, 1.807) is 20.0 Å². The van der Waals surface area contributed by atoms with Gasteiger partial charge in [-0.1, -0.05) is 6.92 Å². The standard InChI is InChI=1S/C14H20N2O5/c1-5-13(14(17)18)15(4)10-6-11(16(19)20)8-12(7-10)21-9(2)3/h6-9,13H,5H2,1-4H3,(H,17,18). The van der Waals surface area contributed by atoms with Crippen LogP contribution in [0.5, 0.6) is 5.75 Å². The number of benzene rings is 1. The van der Waals surface area contributed by atoms with Gasteiger partial charge in [0, 0.05) is 24.9 Å². The highest BCUT2D eigenvalue weighted by Gasteiger charge is 2.23. The molecule has 0 fully saturated rings. The number of nitro groups is 1. The van der Waals surface area contributed by atoms with Gasteiger partial charge in [-0.25, -0.2) is 4.79 Å². The summed E-state index contributed by atoms with van der Waals surface area (Å²) in [7, 11) is 1.60. The summed E-state index contributed by atoms with van der Waals surface area (Å²) in [5.74, 6) is -0.626. The molecule has 21 heavy (non-hydrogen) atoms. The number of hydrogen-bond donors (Lipinski definition) is 1. The molecule has 7 heteroatoms. The molecule has 0 spiro atoms. The highest BCUT2D eigenvalue weighted by Crippen LogP contribution is 2.30. The highest BCUT2D eigenvalue weighted by atomic mass is 16.6. The first-order valence-electron chi connectivity index (χ1n) is 6.68. The van der Waals surface area contributed by atoms with Crippen LogP contribution in [0.4, 0.5) is 11.4 Å². The van der Waals surface area contributed by atoms with Crippen molar-refractivity contribution in [2.75, 3.05) is 11.9 Å². The summed E-state index contributed by atoms with van der Waals surface area (Å²) in [6.45, 7) is 5.38. The summed E-state index contributed by atoms with van der Waals surface area (Å²) in [5.41, 5.74) is 0.310. The van der Waals surface area contributed by atoms with Gasteiger partial charge in [0.25, 0.3) is 5.69 Å². The van der Waals surface area contributed by atoms with Crippen molar-refractivity contribution in [3.05, 3.63) is 28.3 Å². The van der Waals surface area contributed by atoms with Gasteiger partial charge in [0.1, 0.15) is 11.8 Å². The first-order chi connectivity index (χ1) is 9.76. The van der Waals surface area contributed by atoms with Crippen LogP contribution in [0.1, 0.15) is 27.2 Å². The van der Waals surface area contributed by atoms with E-state index in [9.17, 15) is 20.0 Å². The van der Waals surface area contributed by atoms with Gasteiger partial charge in [-0.3, -0.25) is 10.1 Å². The largest absolute Gasteiger partial charge is 0.491 e. The van der Waals surface area contributed by atoms with Gasteiger partial charge in [-0.2, -0.15) is 0 Å². The fraction of sp³-hybridized carbons (Fsp3) is 0.500.